The molecule has 8 nitrogen and oxygen atoms in total. The number of nitrogens with zero attached hydrogens (tertiary/aromatic N) is 5. The summed E-state index contributed by atoms with van der Waals surface area (Å²) in [5.41, 5.74) is 5.62. The molecule has 0 saturated carbocycles. The standard InChI is InChI=1S/C32H28Cl2N6O2/c1-20-5-3-4-6-25-15-22(13-14-35-25)31-29(38-32(20)42)18-37-40(31,2)39-19-36-28(17-30(39)41)27-16-24(34)11-12-26(27)21-7-9-23(33)10-8-21/h7-20H,3-6H2,1-2H3/p+1/t20-,40?/m1/s1. The maximum atomic E-state index is 13.8. The molecule has 4 heterocycles. The number of allylic oxidation sites excluding steroid dienone is 1. The summed E-state index contributed by atoms with van der Waals surface area (Å²) in [5.74, 6) is -0.234. The Labute approximate surface area is 253 Å². The summed E-state index contributed by atoms with van der Waals surface area (Å²) in [6.07, 6.45) is 8.32. The number of pyridine rings is 1. The monoisotopic (exact) mass is 599 g/mol. The Kier molecular flexibility index (Phi) is 7.53. The molecular formula is C32H29Cl2N6O2+. The lowest BCUT2D eigenvalue weighted by Crippen LogP contribution is -2.52. The highest BCUT2D eigenvalue weighted by atomic mass is 35.5. The second-order valence-corrected chi connectivity index (χ2v) is 11.6. The van der Waals surface area contributed by atoms with Crippen molar-refractivity contribution in [1.29, 1.82) is 0 Å². The van der Waals surface area contributed by atoms with Crippen LogP contribution in [0.25, 0.3) is 28.1 Å². The zero-order valence-electron chi connectivity index (χ0n) is 23.2. The Hall–Kier alpha value is -4.11. The van der Waals surface area contributed by atoms with Crippen molar-refractivity contribution in [1.82, 2.24) is 24.7 Å². The van der Waals surface area contributed by atoms with Gasteiger partial charge in [0.2, 0.25) is 11.6 Å². The van der Waals surface area contributed by atoms with Crippen LogP contribution in [0.2, 0.25) is 10.0 Å². The van der Waals surface area contributed by atoms with Gasteiger partial charge < -0.3 is 5.32 Å². The van der Waals surface area contributed by atoms with Crippen LogP contribution in [-0.2, 0) is 11.2 Å². The van der Waals surface area contributed by atoms with Gasteiger partial charge in [-0.2, -0.15) is 0 Å². The summed E-state index contributed by atoms with van der Waals surface area (Å²) >= 11 is 12.5. The number of amides is 1. The topological polar surface area (TPSA) is 89.2 Å². The van der Waals surface area contributed by atoms with Crippen molar-refractivity contribution in [3.63, 3.8) is 0 Å². The van der Waals surface area contributed by atoms with Gasteiger partial charge >= 0.3 is 5.56 Å². The molecule has 4 aromatic rings. The van der Waals surface area contributed by atoms with E-state index in [1.165, 1.54) is 17.1 Å². The summed E-state index contributed by atoms with van der Waals surface area (Å²) in [4.78, 5) is 36.2. The highest BCUT2D eigenvalue weighted by Gasteiger charge is 2.41. The summed E-state index contributed by atoms with van der Waals surface area (Å²) in [7, 11) is 1.79. The van der Waals surface area contributed by atoms with Crippen molar-refractivity contribution in [2.75, 3.05) is 7.05 Å². The van der Waals surface area contributed by atoms with E-state index in [1.54, 1.807) is 31.6 Å². The molecule has 0 saturated heterocycles. The van der Waals surface area contributed by atoms with Crippen LogP contribution in [0.3, 0.4) is 0 Å². The van der Waals surface area contributed by atoms with Gasteiger partial charge in [0.1, 0.15) is 19.0 Å². The molecule has 2 atom stereocenters. The third-order valence-corrected chi connectivity index (χ3v) is 8.32. The number of carbonyl (C=O) groups is 1. The fourth-order valence-corrected chi connectivity index (χ4v) is 5.82. The lowest BCUT2D eigenvalue weighted by atomic mass is 9.97. The molecule has 2 bridgehead atoms. The van der Waals surface area contributed by atoms with Gasteiger partial charge in [0, 0.05) is 45.0 Å². The van der Waals surface area contributed by atoms with E-state index < -0.39 is 0 Å². The zero-order chi connectivity index (χ0) is 29.4. The minimum absolute atomic E-state index is 0.0752. The molecule has 6 rings (SSSR count). The fraction of sp³-hybridized carbons (Fsp3) is 0.219. The van der Waals surface area contributed by atoms with E-state index in [2.05, 4.69) is 10.3 Å². The van der Waals surface area contributed by atoms with Crippen molar-refractivity contribution >= 4 is 41.0 Å². The number of fused-ring (bicyclic) bond motifs is 3. The molecular weight excluding hydrogens is 571 g/mol. The molecule has 2 aromatic carbocycles. The predicted octanol–water partition coefficient (Wildman–Crippen LogP) is 6.19. The first-order valence-electron chi connectivity index (χ1n) is 13.8. The number of halogens is 2. The number of benzene rings is 2. The maximum Gasteiger partial charge on any atom is 0.302 e. The van der Waals surface area contributed by atoms with Crippen molar-refractivity contribution in [3.8, 4) is 22.4 Å². The van der Waals surface area contributed by atoms with E-state index in [0.29, 0.717) is 32.7 Å². The lowest BCUT2D eigenvalue weighted by molar-refractivity contribution is -0.123. The van der Waals surface area contributed by atoms with Gasteiger partial charge in [-0.05, 0) is 66.8 Å². The molecule has 0 spiro atoms. The fourth-order valence-electron chi connectivity index (χ4n) is 5.52. The average Bonchev–Trinajstić information content (AvgIpc) is 3.31. The van der Waals surface area contributed by atoms with Crippen LogP contribution in [0.5, 0.6) is 0 Å². The van der Waals surface area contributed by atoms with Crippen LogP contribution < -0.4 is 15.6 Å². The third-order valence-electron chi connectivity index (χ3n) is 7.83. The maximum absolute atomic E-state index is 13.8. The van der Waals surface area contributed by atoms with Crippen molar-refractivity contribution in [3.05, 3.63) is 111 Å². The Morgan fingerprint density at radius 1 is 0.905 bits per heavy atom. The van der Waals surface area contributed by atoms with Gasteiger partial charge in [-0.25, -0.2) is 4.98 Å². The molecule has 1 N–H and O–H groups in total. The SMILES string of the molecule is C[C@@H]1CCCCc2cc(ccn2)C2=C(C=N[N+]2(C)n2cnc(-c3cc(Cl)ccc3-c3ccc(Cl)cc3)cc2=O)NC1=O. The highest BCUT2D eigenvalue weighted by Crippen LogP contribution is 2.35. The van der Waals surface area contributed by atoms with E-state index >= 15 is 0 Å². The number of quaternary nitrogens is 1. The molecule has 212 valence electrons. The summed E-state index contributed by atoms with van der Waals surface area (Å²) in [6.45, 7) is 1.93. The Balaban J connectivity index is 1.46. The number of aryl methyl sites for hydroxylation is 1. The zero-order valence-corrected chi connectivity index (χ0v) is 24.7. The minimum atomic E-state index is -0.324. The lowest BCUT2D eigenvalue weighted by Gasteiger charge is -2.27. The van der Waals surface area contributed by atoms with Gasteiger partial charge in [0.15, 0.2) is 6.33 Å². The summed E-state index contributed by atoms with van der Waals surface area (Å²) < 4.78 is 1.16. The third kappa shape index (κ3) is 5.29. The predicted molar refractivity (Wildman–Crippen MR) is 167 cm³/mol. The average molecular weight is 601 g/mol. The number of nitrogens with one attached hydrogen (secondary N) is 1. The van der Waals surface area contributed by atoms with Gasteiger partial charge in [-0.1, -0.05) is 64.5 Å². The second-order valence-electron chi connectivity index (χ2n) is 10.7. The molecule has 10 heteroatoms. The number of carbonyl (C=O) groups excluding carboxylic acids is 1. The van der Waals surface area contributed by atoms with Crippen molar-refractivity contribution in [2.45, 2.75) is 32.6 Å². The molecule has 2 aliphatic rings. The first-order valence-corrected chi connectivity index (χ1v) is 14.6. The molecule has 42 heavy (non-hydrogen) atoms. The normalized spacial score (nSPS) is 20.5. The number of rotatable bonds is 3. The van der Waals surface area contributed by atoms with E-state index in [9.17, 15) is 9.59 Å². The van der Waals surface area contributed by atoms with E-state index in [4.69, 9.17) is 33.3 Å². The Morgan fingerprint density at radius 2 is 1.69 bits per heavy atom. The number of aromatic nitrogens is 3. The molecule has 2 aromatic heterocycles. The van der Waals surface area contributed by atoms with E-state index in [0.717, 1.165) is 48.1 Å². The van der Waals surface area contributed by atoms with Gasteiger partial charge in [-0.15, -0.1) is 4.68 Å². The van der Waals surface area contributed by atoms with Crippen LogP contribution in [0.1, 0.15) is 37.4 Å². The summed E-state index contributed by atoms with van der Waals surface area (Å²) in [6, 6.07) is 18.3. The minimum Gasteiger partial charge on any atom is -0.319 e. The smallest absolute Gasteiger partial charge is 0.302 e. The van der Waals surface area contributed by atoms with Crippen LogP contribution in [0, 0.1) is 5.92 Å². The van der Waals surface area contributed by atoms with Crippen LogP contribution >= 0.6 is 23.2 Å². The first kappa shape index (κ1) is 28.0. The van der Waals surface area contributed by atoms with Gasteiger partial charge in [0.25, 0.3) is 0 Å². The highest BCUT2D eigenvalue weighted by molar-refractivity contribution is 6.31. The molecule has 2 aliphatic heterocycles. The van der Waals surface area contributed by atoms with Crippen molar-refractivity contribution in [2.24, 2.45) is 11.0 Å². The van der Waals surface area contributed by atoms with E-state index in [-0.39, 0.29) is 22.1 Å². The number of hydrogen-bond donors (Lipinski definition) is 1. The quantitative estimate of drug-likeness (QED) is 0.284. The van der Waals surface area contributed by atoms with Crippen LogP contribution in [0.15, 0.2) is 88.8 Å². The first-order chi connectivity index (χ1) is 20.2. The second kappa shape index (κ2) is 11.3. The molecule has 1 unspecified atom stereocenters. The Bertz CT molecular complexity index is 1810. The summed E-state index contributed by atoms with van der Waals surface area (Å²) in [5, 5.41) is 8.95. The Morgan fingerprint density at radius 3 is 2.48 bits per heavy atom. The van der Waals surface area contributed by atoms with Gasteiger partial charge in [-0.3, -0.25) is 14.6 Å². The molecule has 0 aliphatic carbocycles. The van der Waals surface area contributed by atoms with Crippen LogP contribution in [-0.4, -0.2) is 33.8 Å². The number of hydrogen-bond acceptors (Lipinski definition) is 5. The molecule has 0 radical (unpaired) electrons. The molecule has 1 amide bonds. The van der Waals surface area contributed by atoms with Crippen molar-refractivity contribution < 1.29 is 4.79 Å². The molecule has 0 fully saturated rings. The van der Waals surface area contributed by atoms with E-state index in [1.807, 2.05) is 49.4 Å². The largest absolute Gasteiger partial charge is 0.319 e. The van der Waals surface area contributed by atoms with Crippen LogP contribution in [0.4, 0.5) is 0 Å². The van der Waals surface area contributed by atoms with Gasteiger partial charge in [0.05, 0.1) is 5.69 Å².